The van der Waals surface area contributed by atoms with Crippen molar-refractivity contribution in [1.82, 2.24) is 9.55 Å². The van der Waals surface area contributed by atoms with Crippen LogP contribution in [0.1, 0.15) is 53.4 Å². The Kier molecular flexibility index (Phi) is 4.52. The van der Waals surface area contributed by atoms with Gasteiger partial charge in [-0.2, -0.15) is 0 Å². The molecule has 6 nitrogen and oxygen atoms in total. The van der Waals surface area contributed by atoms with E-state index >= 15 is 0 Å². The van der Waals surface area contributed by atoms with Crippen molar-refractivity contribution in [3.8, 4) is 0 Å². The van der Waals surface area contributed by atoms with Crippen LogP contribution in [0.2, 0.25) is 5.02 Å². The average molecular weight is 386 g/mol. The van der Waals surface area contributed by atoms with E-state index in [0.29, 0.717) is 16.5 Å². The van der Waals surface area contributed by atoms with Crippen molar-refractivity contribution in [2.24, 2.45) is 0 Å². The van der Waals surface area contributed by atoms with Gasteiger partial charge in [0.1, 0.15) is 17.5 Å². The van der Waals surface area contributed by atoms with Crippen LogP contribution in [0.15, 0.2) is 33.7 Å². The smallest absolute Gasteiger partial charge is 0.265 e. The summed E-state index contributed by atoms with van der Waals surface area (Å²) in [4.78, 5) is 30.3. The van der Waals surface area contributed by atoms with Gasteiger partial charge in [-0.3, -0.25) is 14.2 Å². The Morgan fingerprint density at radius 3 is 2.78 bits per heavy atom. The minimum Gasteiger partial charge on any atom is -0.442 e. The van der Waals surface area contributed by atoms with E-state index in [-0.39, 0.29) is 28.3 Å². The molecule has 0 aliphatic heterocycles. The summed E-state index contributed by atoms with van der Waals surface area (Å²) in [5.41, 5.74) is 1.56. The second-order valence-corrected chi connectivity index (χ2v) is 7.38. The Morgan fingerprint density at radius 1 is 1.30 bits per heavy atom. The summed E-state index contributed by atoms with van der Waals surface area (Å²) < 4.78 is 7.24. The van der Waals surface area contributed by atoms with Gasteiger partial charge in [-0.1, -0.05) is 30.5 Å². The first-order chi connectivity index (χ1) is 13.0. The van der Waals surface area contributed by atoms with Crippen LogP contribution < -0.4 is 10.9 Å². The fourth-order valence-electron chi connectivity index (χ4n) is 3.76. The number of hydrogen-bond donors (Lipinski definition) is 1. The molecule has 3 aromatic rings. The zero-order chi connectivity index (χ0) is 19.1. The highest BCUT2D eigenvalue weighted by Crippen LogP contribution is 2.30. The predicted octanol–water partition coefficient (Wildman–Crippen LogP) is 4.63. The Morgan fingerprint density at radius 2 is 2.04 bits per heavy atom. The van der Waals surface area contributed by atoms with Crippen molar-refractivity contribution >= 4 is 34.3 Å². The minimum absolute atomic E-state index is 0.135. The van der Waals surface area contributed by atoms with E-state index in [1.807, 2.05) is 6.92 Å². The predicted molar refractivity (Wildman–Crippen MR) is 105 cm³/mol. The summed E-state index contributed by atoms with van der Waals surface area (Å²) in [6.45, 7) is 3.49. The summed E-state index contributed by atoms with van der Waals surface area (Å²) in [6, 6.07) is 5.43. The van der Waals surface area contributed by atoms with Crippen LogP contribution in [0.25, 0.3) is 11.1 Å². The number of halogens is 1. The van der Waals surface area contributed by atoms with Gasteiger partial charge in [0.25, 0.3) is 11.5 Å². The Balaban J connectivity index is 1.79. The third kappa shape index (κ3) is 3.04. The lowest BCUT2D eigenvalue weighted by atomic mass is 10.1. The lowest BCUT2D eigenvalue weighted by Gasteiger charge is -2.12. The van der Waals surface area contributed by atoms with Gasteiger partial charge in [0.15, 0.2) is 0 Å². The summed E-state index contributed by atoms with van der Waals surface area (Å²) in [5, 5.41) is 3.64. The van der Waals surface area contributed by atoms with Crippen LogP contribution in [0.4, 0.5) is 5.69 Å². The maximum atomic E-state index is 13.1. The topological polar surface area (TPSA) is 77.1 Å². The zero-order valence-electron chi connectivity index (χ0n) is 15.2. The number of anilines is 1. The number of aryl methyl sites for hydroxylation is 1. The fraction of sp³-hybridized carbons (Fsp3) is 0.350. The molecule has 140 valence electrons. The first-order valence-corrected chi connectivity index (χ1v) is 9.42. The van der Waals surface area contributed by atoms with E-state index in [1.165, 1.54) is 6.33 Å². The van der Waals surface area contributed by atoms with Crippen molar-refractivity contribution < 1.29 is 9.21 Å². The highest BCUT2D eigenvalue weighted by atomic mass is 35.5. The number of hydrogen-bond acceptors (Lipinski definition) is 4. The molecule has 1 saturated carbocycles. The molecule has 0 atom stereocenters. The van der Waals surface area contributed by atoms with Gasteiger partial charge in [-0.25, -0.2) is 4.98 Å². The molecule has 4 rings (SSSR count). The number of benzene rings is 1. The fourth-order valence-corrected chi connectivity index (χ4v) is 3.93. The molecule has 1 N–H and O–H groups in total. The van der Waals surface area contributed by atoms with Crippen LogP contribution in [-0.4, -0.2) is 15.5 Å². The largest absolute Gasteiger partial charge is 0.442 e. The minimum atomic E-state index is -0.403. The SMILES string of the molecule is Cc1oc2ncn(C3CCCC3)c(=O)c2c1C(=O)Nc1cccc(Cl)c1C. The average Bonchev–Trinajstić information content (AvgIpc) is 3.27. The molecule has 27 heavy (non-hydrogen) atoms. The van der Waals surface area contributed by atoms with E-state index in [4.69, 9.17) is 16.0 Å². The number of rotatable bonds is 3. The maximum absolute atomic E-state index is 13.1. The first kappa shape index (κ1) is 17.8. The number of fused-ring (bicyclic) bond motifs is 1. The van der Waals surface area contributed by atoms with Gasteiger partial charge >= 0.3 is 0 Å². The van der Waals surface area contributed by atoms with Gasteiger partial charge in [0.2, 0.25) is 5.71 Å². The van der Waals surface area contributed by atoms with Crippen molar-refractivity contribution in [3.63, 3.8) is 0 Å². The van der Waals surface area contributed by atoms with Crippen LogP contribution in [-0.2, 0) is 0 Å². The second-order valence-electron chi connectivity index (χ2n) is 6.98. The molecule has 1 fully saturated rings. The van der Waals surface area contributed by atoms with Gasteiger partial charge < -0.3 is 9.73 Å². The summed E-state index contributed by atoms with van der Waals surface area (Å²) in [7, 11) is 0. The Bertz CT molecular complexity index is 1090. The molecule has 1 aliphatic carbocycles. The highest BCUT2D eigenvalue weighted by molar-refractivity contribution is 6.31. The Labute approximate surface area is 161 Å². The van der Waals surface area contributed by atoms with Crippen LogP contribution >= 0.6 is 11.6 Å². The van der Waals surface area contributed by atoms with Crippen molar-refractivity contribution in [3.05, 3.63) is 56.8 Å². The normalized spacial score (nSPS) is 14.8. The quantitative estimate of drug-likeness (QED) is 0.713. The molecule has 0 bridgehead atoms. The van der Waals surface area contributed by atoms with E-state index in [2.05, 4.69) is 10.3 Å². The molecule has 1 aromatic carbocycles. The van der Waals surface area contributed by atoms with Crippen LogP contribution in [0, 0.1) is 13.8 Å². The number of nitrogens with zero attached hydrogens (tertiary/aromatic N) is 2. The standard InChI is InChI=1S/C20H20ClN3O3/c1-11-14(21)8-5-9-15(11)23-18(25)16-12(2)27-19-17(16)20(26)24(10-22-19)13-6-3-4-7-13/h5,8-10,13H,3-4,6-7H2,1-2H3,(H,23,25). The molecule has 2 aromatic heterocycles. The third-order valence-electron chi connectivity index (χ3n) is 5.27. The Hall–Kier alpha value is -2.60. The van der Waals surface area contributed by atoms with Gasteiger partial charge in [-0.15, -0.1) is 0 Å². The molecule has 2 heterocycles. The number of carbonyl (C=O) groups excluding carboxylic acids is 1. The van der Waals surface area contributed by atoms with Crippen molar-refractivity contribution in [2.45, 2.75) is 45.6 Å². The molecular weight excluding hydrogens is 366 g/mol. The number of furan rings is 1. The summed E-state index contributed by atoms with van der Waals surface area (Å²) in [6.07, 6.45) is 5.63. The van der Waals surface area contributed by atoms with Gasteiger partial charge in [0, 0.05) is 16.8 Å². The zero-order valence-corrected chi connectivity index (χ0v) is 16.0. The van der Waals surface area contributed by atoms with Gasteiger partial charge in [0.05, 0.1) is 5.56 Å². The van der Waals surface area contributed by atoms with Crippen LogP contribution in [0.5, 0.6) is 0 Å². The van der Waals surface area contributed by atoms with Gasteiger partial charge in [-0.05, 0) is 44.4 Å². The van der Waals surface area contributed by atoms with Crippen LogP contribution in [0.3, 0.4) is 0 Å². The monoisotopic (exact) mass is 385 g/mol. The molecular formula is C20H20ClN3O3. The molecule has 0 radical (unpaired) electrons. The highest BCUT2D eigenvalue weighted by Gasteiger charge is 2.26. The molecule has 0 saturated heterocycles. The molecule has 0 spiro atoms. The van der Waals surface area contributed by atoms with E-state index in [9.17, 15) is 9.59 Å². The van der Waals surface area contributed by atoms with E-state index in [0.717, 1.165) is 31.2 Å². The number of amides is 1. The van der Waals surface area contributed by atoms with E-state index in [1.54, 1.807) is 29.7 Å². The number of aromatic nitrogens is 2. The summed E-state index contributed by atoms with van der Waals surface area (Å²) >= 11 is 6.13. The lowest BCUT2D eigenvalue weighted by molar-refractivity contribution is 0.102. The first-order valence-electron chi connectivity index (χ1n) is 9.04. The van der Waals surface area contributed by atoms with Crippen molar-refractivity contribution in [1.29, 1.82) is 0 Å². The molecule has 0 unspecified atom stereocenters. The summed E-state index contributed by atoms with van der Waals surface area (Å²) in [5.74, 6) is -0.0318. The van der Waals surface area contributed by atoms with E-state index < -0.39 is 5.91 Å². The third-order valence-corrected chi connectivity index (χ3v) is 5.68. The number of nitrogens with one attached hydrogen (secondary N) is 1. The number of carbonyl (C=O) groups is 1. The lowest BCUT2D eigenvalue weighted by Crippen LogP contribution is -2.25. The maximum Gasteiger partial charge on any atom is 0.265 e. The molecule has 7 heteroatoms. The molecule has 1 amide bonds. The molecule has 1 aliphatic rings. The second kappa shape index (κ2) is 6.85. The van der Waals surface area contributed by atoms with Crippen molar-refractivity contribution in [2.75, 3.05) is 5.32 Å².